The van der Waals surface area contributed by atoms with Crippen LogP contribution >= 0.6 is 22.9 Å². The van der Waals surface area contributed by atoms with Crippen molar-refractivity contribution >= 4 is 34.8 Å². The van der Waals surface area contributed by atoms with Crippen LogP contribution in [0.15, 0.2) is 72.1 Å². The zero-order chi connectivity index (χ0) is 23.6. The van der Waals surface area contributed by atoms with Gasteiger partial charge in [-0.05, 0) is 34.7 Å². The fourth-order valence-electron chi connectivity index (χ4n) is 3.29. The molecule has 2 aromatic carbocycles. The van der Waals surface area contributed by atoms with Crippen LogP contribution in [0.4, 0.5) is 4.39 Å². The molecule has 1 atom stereocenters. The Morgan fingerprint density at radius 2 is 1.73 bits per heavy atom. The summed E-state index contributed by atoms with van der Waals surface area (Å²) in [4.78, 5) is 30.6. The van der Waals surface area contributed by atoms with E-state index in [2.05, 4.69) is 0 Å². The second-order valence-electron chi connectivity index (χ2n) is 7.48. The molecule has 2 amide bonds. The summed E-state index contributed by atoms with van der Waals surface area (Å²) in [5.41, 5.74) is 1.47. The first-order valence-electron chi connectivity index (χ1n) is 10.5. The number of hydrogen-bond acceptors (Lipinski definition) is 4. The van der Waals surface area contributed by atoms with Gasteiger partial charge in [0.15, 0.2) is 0 Å². The molecule has 0 aliphatic rings. The summed E-state index contributed by atoms with van der Waals surface area (Å²) in [5.74, 6) is -0.916. The Hall–Kier alpha value is -2.74. The van der Waals surface area contributed by atoms with E-state index in [4.69, 9.17) is 16.3 Å². The van der Waals surface area contributed by atoms with Gasteiger partial charge in [-0.25, -0.2) is 4.39 Å². The average molecular weight is 489 g/mol. The van der Waals surface area contributed by atoms with Crippen LogP contribution in [0.25, 0.3) is 0 Å². The van der Waals surface area contributed by atoms with E-state index < -0.39 is 5.38 Å². The number of nitrogens with zero attached hydrogens (tertiary/aromatic N) is 2. The van der Waals surface area contributed by atoms with E-state index in [0.29, 0.717) is 18.7 Å². The summed E-state index contributed by atoms with van der Waals surface area (Å²) in [6.07, 6.45) is 0. The fourth-order valence-corrected chi connectivity index (χ4v) is 4.29. The van der Waals surface area contributed by atoms with E-state index >= 15 is 0 Å². The SMILES string of the molecule is COCCN(CC(=O)N(Cc1ccc(F)cc1)Cc1cccs1)C(=O)C(Cl)c1ccccc1. The van der Waals surface area contributed by atoms with Crippen molar-refractivity contribution in [2.45, 2.75) is 18.5 Å². The number of carbonyl (C=O) groups excluding carboxylic acids is 2. The third-order valence-corrected chi connectivity index (χ3v) is 6.38. The van der Waals surface area contributed by atoms with Gasteiger partial charge in [0.05, 0.1) is 19.7 Å². The van der Waals surface area contributed by atoms with Gasteiger partial charge in [-0.15, -0.1) is 22.9 Å². The van der Waals surface area contributed by atoms with Crippen molar-refractivity contribution in [2.75, 3.05) is 26.8 Å². The summed E-state index contributed by atoms with van der Waals surface area (Å²) in [6.45, 7) is 1.07. The lowest BCUT2D eigenvalue weighted by molar-refractivity contribution is -0.141. The molecule has 0 bridgehead atoms. The Morgan fingerprint density at radius 3 is 2.36 bits per heavy atom. The molecular formula is C25H26ClFN2O3S. The van der Waals surface area contributed by atoms with E-state index in [-0.39, 0.29) is 37.3 Å². The van der Waals surface area contributed by atoms with Crippen LogP contribution in [0.5, 0.6) is 0 Å². The summed E-state index contributed by atoms with van der Waals surface area (Å²) in [6, 6.07) is 19.0. The van der Waals surface area contributed by atoms with Gasteiger partial charge < -0.3 is 14.5 Å². The van der Waals surface area contributed by atoms with Crippen LogP contribution in [-0.4, -0.2) is 48.4 Å². The second-order valence-corrected chi connectivity index (χ2v) is 8.95. The van der Waals surface area contributed by atoms with Gasteiger partial charge in [0.2, 0.25) is 11.8 Å². The van der Waals surface area contributed by atoms with E-state index in [9.17, 15) is 14.0 Å². The molecule has 0 aliphatic heterocycles. The molecule has 3 rings (SSSR count). The van der Waals surface area contributed by atoms with Gasteiger partial charge in [-0.1, -0.05) is 48.5 Å². The molecule has 5 nitrogen and oxygen atoms in total. The minimum absolute atomic E-state index is 0.134. The molecule has 1 aromatic heterocycles. The number of benzene rings is 2. The fraction of sp³-hybridized carbons (Fsp3) is 0.280. The maximum Gasteiger partial charge on any atom is 0.245 e. The van der Waals surface area contributed by atoms with Crippen molar-refractivity contribution in [1.82, 2.24) is 9.80 Å². The highest BCUT2D eigenvalue weighted by atomic mass is 35.5. The number of halogens is 2. The van der Waals surface area contributed by atoms with Gasteiger partial charge in [0.25, 0.3) is 0 Å². The smallest absolute Gasteiger partial charge is 0.245 e. The lowest BCUT2D eigenvalue weighted by Gasteiger charge is -2.29. The van der Waals surface area contributed by atoms with Crippen molar-refractivity contribution < 1.29 is 18.7 Å². The van der Waals surface area contributed by atoms with Crippen LogP contribution in [0, 0.1) is 5.82 Å². The number of alkyl halides is 1. The minimum Gasteiger partial charge on any atom is -0.383 e. The molecular weight excluding hydrogens is 463 g/mol. The Bertz CT molecular complexity index is 1020. The summed E-state index contributed by atoms with van der Waals surface area (Å²) >= 11 is 8.01. The van der Waals surface area contributed by atoms with Crippen LogP contribution < -0.4 is 0 Å². The molecule has 0 saturated carbocycles. The quantitative estimate of drug-likeness (QED) is 0.362. The normalized spacial score (nSPS) is 11.7. The molecule has 8 heteroatoms. The first-order chi connectivity index (χ1) is 16.0. The Morgan fingerprint density at radius 1 is 1.00 bits per heavy atom. The maximum atomic E-state index is 13.4. The van der Waals surface area contributed by atoms with Crippen molar-refractivity contribution in [3.63, 3.8) is 0 Å². The monoisotopic (exact) mass is 488 g/mol. The number of rotatable bonds is 11. The third kappa shape index (κ3) is 7.39. The van der Waals surface area contributed by atoms with E-state index in [1.54, 1.807) is 40.5 Å². The first-order valence-corrected chi connectivity index (χ1v) is 11.8. The van der Waals surface area contributed by atoms with Gasteiger partial charge in [0.1, 0.15) is 11.2 Å². The van der Waals surface area contributed by atoms with Gasteiger partial charge in [0, 0.05) is 25.1 Å². The summed E-state index contributed by atoms with van der Waals surface area (Å²) in [7, 11) is 1.54. The Labute approximate surface area is 202 Å². The molecule has 0 saturated heterocycles. The summed E-state index contributed by atoms with van der Waals surface area (Å²) in [5, 5.41) is 1.04. The van der Waals surface area contributed by atoms with E-state index in [1.165, 1.54) is 24.1 Å². The van der Waals surface area contributed by atoms with Crippen molar-refractivity contribution in [2.24, 2.45) is 0 Å². The molecule has 0 radical (unpaired) electrons. The lowest BCUT2D eigenvalue weighted by atomic mass is 10.1. The first kappa shape index (κ1) is 24.9. The number of hydrogen-bond donors (Lipinski definition) is 0. The number of ether oxygens (including phenoxy) is 1. The van der Waals surface area contributed by atoms with Crippen molar-refractivity contribution in [3.05, 3.63) is 93.9 Å². The van der Waals surface area contributed by atoms with Crippen molar-refractivity contribution in [3.8, 4) is 0 Å². The highest BCUT2D eigenvalue weighted by Gasteiger charge is 2.27. The molecule has 174 valence electrons. The molecule has 0 aliphatic carbocycles. The minimum atomic E-state index is -0.904. The Balaban J connectivity index is 1.77. The van der Waals surface area contributed by atoms with Crippen LogP contribution in [0.3, 0.4) is 0 Å². The third-order valence-electron chi connectivity index (χ3n) is 5.08. The van der Waals surface area contributed by atoms with Crippen LogP contribution in [0.2, 0.25) is 0 Å². The largest absolute Gasteiger partial charge is 0.383 e. The zero-order valence-corrected chi connectivity index (χ0v) is 19.9. The van der Waals surface area contributed by atoms with E-state index in [0.717, 1.165) is 10.4 Å². The predicted molar refractivity (Wildman–Crippen MR) is 128 cm³/mol. The molecule has 0 N–H and O–H groups in total. The maximum absolute atomic E-state index is 13.4. The molecule has 33 heavy (non-hydrogen) atoms. The van der Waals surface area contributed by atoms with Gasteiger partial charge in [-0.2, -0.15) is 0 Å². The standard InChI is InChI=1S/C25H26ClFN2O3S/c1-32-14-13-28(25(31)24(26)20-6-3-2-4-7-20)18-23(30)29(17-22-8-5-15-33-22)16-19-9-11-21(27)12-10-19/h2-12,15,24H,13-14,16-18H2,1H3. The van der Waals surface area contributed by atoms with Gasteiger partial charge in [-0.3, -0.25) is 9.59 Å². The van der Waals surface area contributed by atoms with Crippen molar-refractivity contribution in [1.29, 1.82) is 0 Å². The summed E-state index contributed by atoms with van der Waals surface area (Å²) < 4.78 is 18.5. The molecule has 1 unspecified atom stereocenters. The number of amides is 2. The molecule has 3 aromatic rings. The van der Waals surface area contributed by atoms with Gasteiger partial charge >= 0.3 is 0 Å². The second kappa shape index (κ2) is 12.5. The number of methoxy groups -OCH3 is 1. The van der Waals surface area contributed by atoms with Crippen LogP contribution in [-0.2, 0) is 27.4 Å². The highest BCUT2D eigenvalue weighted by molar-refractivity contribution is 7.09. The topological polar surface area (TPSA) is 49.9 Å². The number of carbonyl (C=O) groups is 2. The molecule has 1 heterocycles. The number of thiophene rings is 1. The van der Waals surface area contributed by atoms with E-state index in [1.807, 2.05) is 35.7 Å². The zero-order valence-electron chi connectivity index (χ0n) is 18.3. The molecule has 0 spiro atoms. The predicted octanol–water partition coefficient (Wildman–Crippen LogP) is 4.87. The highest BCUT2D eigenvalue weighted by Crippen LogP contribution is 2.23. The molecule has 0 fully saturated rings. The average Bonchev–Trinajstić information content (AvgIpc) is 3.35. The lowest BCUT2D eigenvalue weighted by Crippen LogP contribution is -2.44. The van der Waals surface area contributed by atoms with Crippen LogP contribution in [0.1, 0.15) is 21.4 Å². The Kier molecular flexibility index (Phi) is 9.42.